The van der Waals surface area contributed by atoms with Gasteiger partial charge in [0.05, 0.1) is 42.4 Å². The van der Waals surface area contributed by atoms with Crippen molar-refractivity contribution < 1.29 is 23.4 Å². The van der Waals surface area contributed by atoms with Crippen LogP contribution in [0, 0.1) is 0 Å². The Labute approximate surface area is 200 Å². The highest BCUT2D eigenvalue weighted by Crippen LogP contribution is 2.40. The van der Waals surface area contributed by atoms with Crippen molar-refractivity contribution in [2.24, 2.45) is 4.99 Å². The van der Waals surface area contributed by atoms with Crippen molar-refractivity contribution in [3.63, 3.8) is 0 Å². The molecule has 0 saturated heterocycles. The topological polar surface area (TPSA) is 92.3 Å². The second-order valence-corrected chi connectivity index (χ2v) is 8.55. The van der Waals surface area contributed by atoms with Crippen molar-refractivity contribution in [3.05, 3.63) is 78.9 Å². The first-order valence-electron chi connectivity index (χ1n) is 11.0. The molecule has 0 amide bonds. The fourth-order valence-corrected chi connectivity index (χ4v) is 4.88. The number of benzene rings is 1. The molecule has 0 unspecified atom stereocenters. The van der Waals surface area contributed by atoms with Crippen molar-refractivity contribution in [1.29, 1.82) is 0 Å². The third-order valence-corrected chi connectivity index (χ3v) is 6.29. The Hall–Kier alpha value is -3.59. The van der Waals surface area contributed by atoms with E-state index in [1.165, 1.54) is 15.9 Å². The summed E-state index contributed by atoms with van der Waals surface area (Å²) in [4.78, 5) is 31.8. The maximum atomic E-state index is 13.6. The SMILES string of the molecule is CCCOc1c(OC)cccc1[C@@H]1C(C(=O)OCC)=C(C)N=c2s/c(=C\c3ccco3)c(=O)n21. The number of esters is 1. The van der Waals surface area contributed by atoms with E-state index in [1.807, 2.05) is 19.1 Å². The molecule has 4 rings (SSSR count). The molecule has 0 bridgehead atoms. The van der Waals surface area contributed by atoms with E-state index in [2.05, 4.69) is 4.99 Å². The molecule has 1 aliphatic heterocycles. The average molecular weight is 483 g/mol. The van der Waals surface area contributed by atoms with Crippen molar-refractivity contribution in [3.8, 4) is 11.5 Å². The molecule has 3 heterocycles. The van der Waals surface area contributed by atoms with Crippen LogP contribution in [0.25, 0.3) is 6.08 Å². The van der Waals surface area contributed by atoms with Crippen LogP contribution in [0.3, 0.4) is 0 Å². The van der Waals surface area contributed by atoms with Gasteiger partial charge in [-0.1, -0.05) is 30.4 Å². The lowest BCUT2D eigenvalue weighted by molar-refractivity contribution is -0.139. The Balaban J connectivity index is 2.01. The lowest BCUT2D eigenvalue weighted by Gasteiger charge is -2.27. The smallest absolute Gasteiger partial charge is 0.338 e. The van der Waals surface area contributed by atoms with Gasteiger partial charge in [-0.3, -0.25) is 9.36 Å². The maximum Gasteiger partial charge on any atom is 0.338 e. The van der Waals surface area contributed by atoms with Gasteiger partial charge < -0.3 is 18.6 Å². The minimum Gasteiger partial charge on any atom is -0.493 e. The number of ether oxygens (including phenoxy) is 3. The van der Waals surface area contributed by atoms with Crippen molar-refractivity contribution >= 4 is 23.4 Å². The molecule has 0 fully saturated rings. The summed E-state index contributed by atoms with van der Waals surface area (Å²) < 4.78 is 24.3. The highest BCUT2D eigenvalue weighted by Gasteiger charge is 2.36. The van der Waals surface area contributed by atoms with Gasteiger partial charge in [0.25, 0.3) is 5.56 Å². The number of rotatable bonds is 8. The molecular weight excluding hydrogens is 456 g/mol. The van der Waals surface area contributed by atoms with Crippen LogP contribution in [0.1, 0.15) is 44.6 Å². The number of aromatic nitrogens is 1. The van der Waals surface area contributed by atoms with Crippen LogP contribution in [0.15, 0.2) is 62.1 Å². The molecule has 0 saturated carbocycles. The number of thiazole rings is 1. The summed E-state index contributed by atoms with van der Waals surface area (Å²) in [5.41, 5.74) is 1.10. The molecule has 0 N–H and O–H groups in total. The van der Waals surface area contributed by atoms with E-state index in [-0.39, 0.29) is 17.7 Å². The van der Waals surface area contributed by atoms with Crippen molar-refractivity contribution in [2.45, 2.75) is 33.2 Å². The van der Waals surface area contributed by atoms with E-state index < -0.39 is 12.0 Å². The summed E-state index contributed by atoms with van der Waals surface area (Å²) in [7, 11) is 1.56. The monoisotopic (exact) mass is 482 g/mol. The zero-order valence-corrected chi connectivity index (χ0v) is 20.3. The highest BCUT2D eigenvalue weighted by atomic mass is 32.1. The predicted molar refractivity (Wildman–Crippen MR) is 128 cm³/mol. The van der Waals surface area contributed by atoms with Gasteiger partial charge in [-0.2, -0.15) is 0 Å². The van der Waals surface area contributed by atoms with Gasteiger partial charge in [-0.15, -0.1) is 0 Å². The minimum absolute atomic E-state index is 0.197. The third kappa shape index (κ3) is 4.31. The van der Waals surface area contributed by atoms with Crippen LogP contribution in [0.2, 0.25) is 0 Å². The summed E-state index contributed by atoms with van der Waals surface area (Å²) >= 11 is 1.23. The number of methoxy groups -OCH3 is 1. The first-order chi connectivity index (χ1) is 16.5. The summed E-state index contributed by atoms with van der Waals surface area (Å²) in [6, 6.07) is 8.15. The Kier molecular flexibility index (Phi) is 7.02. The van der Waals surface area contributed by atoms with E-state index in [9.17, 15) is 9.59 Å². The molecular formula is C25H26N2O6S. The number of furan rings is 1. The van der Waals surface area contributed by atoms with Gasteiger partial charge in [-0.25, -0.2) is 9.79 Å². The number of hydrogen-bond acceptors (Lipinski definition) is 8. The molecule has 1 aliphatic rings. The second-order valence-electron chi connectivity index (χ2n) is 7.54. The van der Waals surface area contributed by atoms with E-state index in [0.29, 0.717) is 44.5 Å². The highest BCUT2D eigenvalue weighted by molar-refractivity contribution is 7.07. The second kappa shape index (κ2) is 10.1. The van der Waals surface area contributed by atoms with Crippen molar-refractivity contribution in [2.75, 3.05) is 20.3 Å². The maximum absolute atomic E-state index is 13.6. The Morgan fingerprint density at radius 3 is 2.76 bits per heavy atom. The number of hydrogen-bond donors (Lipinski definition) is 0. The fraction of sp³-hybridized carbons (Fsp3) is 0.320. The third-order valence-electron chi connectivity index (χ3n) is 5.31. The fourth-order valence-electron chi connectivity index (χ4n) is 3.86. The quantitative estimate of drug-likeness (QED) is 0.458. The van der Waals surface area contributed by atoms with Crippen LogP contribution in [-0.4, -0.2) is 30.9 Å². The van der Waals surface area contributed by atoms with Crippen LogP contribution < -0.4 is 24.4 Å². The molecule has 3 aromatic rings. The normalized spacial score (nSPS) is 15.6. The minimum atomic E-state index is -0.795. The first kappa shape index (κ1) is 23.6. The number of carbonyl (C=O) groups is 1. The molecule has 2 aromatic heterocycles. The van der Waals surface area contributed by atoms with E-state index in [0.717, 1.165) is 6.42 Å². The van der Waals surface area contributed by atoms with Crippen LogP contribution >= 0.6 is 11.3 Å². The molecule has 8 nitrogen and oxygen atoms in total. The Morgan fingerprint density at radius 2 is 2.09 bits per heavy atom. The number of fused-ring (bicyclic) bond motifs is 1. The summed E-state index contributed by atoms with van der Waals surface area (Å²) in [5, 5.41) is 0. The average Bonchev–Trinajstić information content (AvgIpc) is 3.44. The number of allylic oxidation sites excluding steroid dienone is 1. The van der Waals surface area contributed by atoms with Gasteiger partial charge in [0.1, 0.15) is 11.8 Å². The lowest BCUT2D eigenvalue weighted by atomic mass is 9.94. The summed E-state index contributed by atoms with van der Waals surface area (Å²) in [6.45, 7) is 6.13. The first-order valence-corrected chi connectivity index (χ1v) is 11.8. The Bertz CT molecular complexity index is 1400. The van der Waals surface area contributed by atoms with Crippen LogP contribution in [0.4, 0.5) is 0 Å². The standard InChI is InChI=1S/C25H26N2O6S/c1-5-12-33-22-17(10-7-11-18(22)30-4)21-20(24(29)31-6-2)15(3)26-25-27(21)23(28)19(34-25)14-16-9-8-13-32-16/h7-11,13-14,21H,5-6,12H2,1-4H3/b19-14-/t21-/m1/s1. The number of carbonyl (C=O) groups excluding carboxylic acids is 1. The largest absolute Gasteiger partial charge is 0.493 e. The van der Waals surface area contributed by atoms with Gasteiger partial charge in [0, 0.05) is 11.6 Å². The molecule has 1 aromatic carbocycles. The van der Waals surface area contributed by atoms with Gasteiger partial charge >= 0.3 is 5.97 Å². The van der Waals surface area contributed by atoms with E-state index >= 15 is 0 Å². The van der Waals surface area contributed by atoms with E-state index in [1.54, 1.807) is 51.5 Å². The lowest BCUT2D eigenvalue weighted by Crippen LogP contribution is -2.40. The molecule has 34 heavy (non-hydrogen) atoms. The van der Waals surface area contributed by atoms with Crippen molar-refractivity contribution in [1.82, 2.24) is 4.57 Å². The molecule has 0 aliphatic carbocycles. The summed E-state index contributed by atoms with van der Waals surface area (Å²) in [6.07, 6.45) is 4.00. The zero-order valence-electron chi connectivity index (χ0n) is 19.5. The van der Waals surface area contributed by atoms with Gasteiger partial charge in [0.15, 0.2) is 16.3 Å². The number of para-hydroxylation sites is 1. The van der Waals surface area contributed by atoms with Crippen LogP contribution in [0.5, 0.6) is 11.5 Å². The Morgan fingerprint density at radius 1 is 1.26 bits per heavy atom. The van der Waals surface area contributed by atoms with Gasteiger partial charge in [-0.05, 0) is 38.5 Å². The molecule has 1 atom stereocenters. The summed E-state index contributed by atoms with van der Waals surface area (Å²) in [5.74, 6) is 1.02. The van der Waals surface area contributed by atoms with Gasteiger partial charge in [0.2, 0.25) is 0 Å². The predicted octanol–water partition coefficient (Wildman–Crippen LogP) is 3.19. The molecule has 178 valence electrons. The molecule has 9 heteroatoms. The van der Waals surface area contributed by atoms with E-state index in [4.69, 9.17) is 18.6 Å². The van der Waals surface area contributed by atoms with Crippen LogP contribution in [-0.2, 0) is 9.53 Å². The number of nitrogens with zero attached hydrogens (tertiary/aromatic N) is 2. The molecule has 0 radical (unpaired) electrons. The zero-order chi connectivity index (χ0) is 24.2. The molecule has 0 spiro atoms.